The Hall–Kier alpha value is -2.00. The van der Waals surface area contributed by atoms with E-state index in [1.54, 1.807) is 12.1 Å². The van der Waals surface area contributed by atoms with Crippen molar-refractivity contribution in [3.63, 3.8) is 0 Å². The van der Waals surface area contributed by atoms with Crippen LogP contribution in [0.2, 0.25) is 0 Å². The molecule has 0 amide bonds. The molecule has 3 heteroatoms. The summed E-state index contributed by atoms with van der Waals surface area (Å²) in [4.78, 5) is 2.18. The molecule has 0 fully saturated rings. The molecular weight excluding hydrogens is 236 g/mol. The van der Waals surface area contributed by atoms with Crippen molar-refractivity contribution in [3.05, 3.63) is 53.6 Å². The first-order valence-electron chi connectivity index (χ1n) is 6.52. The molecule has 3 N–H and O–H groups in total. The fourth-order valence-electron chi connectivity index (χ4n) is 2.19. The summed E-state index contributed by atoms with van der Waals surface area (Å²) in [5, 5.41) is 9.67. The summed E-state index contributed by atoms with van der Waals surface area (Å²) >= 11 is 0. The molecule has 100 valence electrons. The topological polar surface area (TPSA) is 49.5 Å². The van der Waals surface area contributed by atoms with E-state index in [0.29, 0.717) is 6.54 Å². The zero-order valence-corrected chi connectivity index (χ0v) is 11.4. The standard InChI is InChI=1S/C16H20N2O/c1-3-18(14-7-5-13(11-17)6-8-14)16-10-15(19)9-4-12(16)2/h4-10,19H,3,11,17H2,1-2H3. The second-order valence-electron chi connectivity index (χ2n) is 4.59. The lowest BCUT2D eigenvalue weighted by molar-refractivity contribution is 0.475. The predicted octanol–water partition coefficient (Wildman–Crippen LogP) is 3.32. The largest absolute Gasteiger partial charge is 0.508 e. The van der Waals surface area contributed by atoms with Crippen LogP contribution in [0, 0.1) is 6.92 Å². The van der Waals surface area contributed by atoms with Crippen molar-refractivity contribution in [2.24, 2.45) is 5.73 Å². The molecule has 0 saturated carbocycles. The number of phenols is 1. The molecule has 0 aliphatic heterocycles. The number of aromatic hydroxyl groups is 1. The average Bonchev–Trinajstić information content (AvgIpc) is 2.44. The van der Waals surface area contributed by atoms with Gasteiger partial charge in [0.05, 0.1) is 0 Å². The third-order valence-corrected chi connectivity index (χ3v) is 3.28. The molecule has 0 bridgehead atoms. The Kier molecular flexibility index (Phi) is 4.07. The monoisotopic (exact) mass is 256 g/mol. The van der Waals surface area contributed by atoms with Gasteiger partial charge in [-0.25, -0.2) is 0 Å². The highest BCUT2D eigenvalue weighted by atomic mass is 16.3. The third-order valence-electron chi connectivity index (χ3n) is 3.28. The molecule has 2 rings (SSSR count). The van der Waals surface area contributed by atoms with Crippen LogP contribution in [0.5, 0.6) is 5.75 Å². The van der Waals surface area contributed by atoms with Crippen molar-refractivity contribution in [3.8, 4) is 5.75 Å². The van der Waals surface area contributed by atoms with Crippen molar-refractivity contribution in [1.82, 2.24) is 0 Å². The van der Waals surface area contributed by atoms with Crippen molar-refractivity contribution in [1.29, 1.82) is 0 Å². The van der Waals surface area contributed by atoms with Crippen molar-refractivity contribution < 1.29 is 5.11 Å². The Morgan fingerprint density at radius 3 is 2.37 bits per heavy atom. The van der Waals surface area contributed by atoms with Crippen LogP contribution in [0.1, 0.15) is 18.1 Å². The van der Waals surface area contributed by atoms with Crippen molar-refractivity contribution >= 4 is 11.4 Å². The Morgan fingerprint density at radius 1 is 1.11 bits per heavy atom. The molecule has 0 unspecified atom stereocenters. The highest BCUT2D eigenvalue weighted by Crippen LogP contribution is 2.31. The summed E-state index contributed by atoms with van der Waals surface area (Å²) in [6, 6.07) is 13.7. The SMILES string of the molecule is CCN(c1ccc(CN)cc1)c1cc(O)ccc1C. The summed E-state index contributed by atoms with van der Waals surface area (Å²) in [6.45, 7) is 5.54. The van der Waals surface area contributed by atoms with Gasteiger partial charge < -0.3 is 15.7 Å². The third kappa shape index (κ3) is 2.88. The van der Waals surface area contributed by atoms with Crippen LogP contribution in [0.4, 0.5) is 11.4 Å². The number of nitrogens with zero attached hydrogens (tertiary/aromatic N) is 1. The van der Waals surface area contributed by atoms with Crippen LogP contribution in [0.15, 0.2) is 42.5 Å². The summed E-state index contributed by atoms with van der Waals surface area (Å²) < 4.78 is 0. The van der Waals surface area contributed by atoms with Gasteiger partial charge in [-0.2, -0.15) is 0 Å². The van der Waals surface area contributed by atoms with Gasteiger partial charge in [-0.05, 0) is 43.2 Å². The van der Waals surface area contributed by atoms with E-state index in [4.69, 9.17) is 5.73 Å². The van der Waals surface area contributed by atoms with Crippen molar-refractivity contribution in [2.75, 3.05) is 11.4 Å². The van der Waals surface area contributed by atoms with E-state index >= 15 is 0 Å². The first-order valence-corrected chi connectivity index (χ1v) is 6.52. The summed E-state index contributed by atoms with van der Waals surface area (Å²) in [5.74, 6) is 0.289. The minimum Gasteiger partial charge on any atom is -0.508 e. The lowest BCUT2D eigenvalue weighted by Crippen LogP contribution is -2.17. The molecule has 0 atom stereocenters. The van der Waals surface area contributed by atoms with Crippen LogP contribution >= 0.6 is 0 Å². The molecule has 2 aromatic rings. The first kappa shape index (κ1) is 13.4. The van der Waals surface area contributed by atoms with Gasteiger partial charge in [-0.1, -0.05) is 18.2 Å². The number of phenolic OH excluding ortho intramolecular Hbond substituents is 1. The summed E-state index contributed by atoms with van der Waals surface area (Å²) in [6.07, 6.45) is 0. The molecule has 3 nitrogen and oxygen atoms in total. The second-order valence-corrected chi connectivity index (χ2v) is 4.59. The average molecular weight is 256 g/mol. The van der Waals surface area contributed by atoms with E-state index in [0.717, 1.165) is 29.0 Å². The van der Waals surface area contributed by atoms with Gasteiger partial charge in [0.15, 0.2) is 0 Å². The smallest absolute Gasteiger partial charge is 0.117 e. The maximum atomic E-state index is 9.67. The number of aryl methyl sites for hydroxylation is 1. The quantitative estimate of drug-likeness (QED) is 0.882. The van der Waals surface area contributed by atoms with Crippen LogP contribution in [0.25, 0.3) is 0 Å². The Labute approximate surface area is 114 Å². The second kappa shape index (κ2) is 5.76. The summed E-state index contributed by atoms with van der Waals surface area (Å²) in [5.41, 5.74) is 10.0. The fourth-order valence-corrected chi connectivity index (χ4v) is 2.19. The van der Waals surface area contributed by atoms with Gasteiger partial charge in [-0.3, -0.25) is 0 Å². The van der Waals surface area contributed by atoms with Gasteiger partial charge in [-0.15, -0.1) is 0 Å². The number of hydrogen-bond acceptors (Lipinski definition) is 3. The number of benzene rings is 2. The van der Waals surface area contributed by atoms with Crippen LogP contribution < -0.4 is 10.6 Å². The lowest BCUT2D eigenvalue weighted by atomic mass is 10.1. The van der Waals surface area contributed by atoms with E-state index in [1.807, 2.05) is 25.1 Å². The molecule has 0 saturated heterocycles. The van der Waals surface area contributed by atoms with Gasteiger partial charge >= 0.3 is 0 Å². The van der Waals surface area contributed by atoms with E-state index in [1.165, 1.54) is 0 Å². The summed E-state index contributed by atoms with van der Waals surface area (Å²) in [7, 11) is 0. The Balaban J connectivity index is 2.40. The van der Waals surface area contributed by atoms with E-state index in [9.17, 15) is 5.11 Å². The van der Waals surface area contributed by atoms with Gasteiger partial charge in [0, 0.05) is 30.5 Å². The van der Waals surface area contributed by atoms with E-state index in [2.05, 4.69) is 24.0 Å². The predicted molar refractivity (Wildman–Crippen MR) is 79.9 cm³/mol. The fraction of sp³-hybridized carbons (Fsp3) is 0.250. The van der Waals surface area contributed by atoms with Gasteiger partial charge in [0.2, 0.25) is 0 Å². The van der Waals surface area contributed by atoms with Crippen molar-refractivity contribution in [2.45, 2.75) is 20.4 Å². The molecular formula is C16H20N2O. The van der Waals surface area contributed by atoms with Crippen LogP contribution in [0.3, 0.4) is 0 Å². The van der Waals surface area contributed by atoms with E-state index in [-0.39, 0.29) is 5.75 Å². The lowest BCUT2D eigenvalue weighted by Gasteiger charge is -2.25. The number of anilines is 2. The molecule has 0 radical (unpaired) electrons. The van der Waals surface area contributed by atoms with Gasteiger partial charge in [0.25, 0.3) is 0 Å². The van der Waals surface area contributed by atoms with Gasteiger partial charge in [0.1, 0.15) is 5.75 Å². The number of hydrogen-bond donors (Lipinski definition) is 2. The molecule has 0 spiro atoms. The molecule has 2 aromatic carbocycles. The maximum Gasteiger partial charge on any atom is 0.117 e. The van der Waals surface area contributed by atoms with E-state index < -0.39 is 0 Å². The highest BCUT2D eigenvalue weighted by molar-refractivity contribution is 5.67. The minimum atomic E-state index is 0.289. The maximum absolute atomic E-state index is 9.67. The number of rotatable bonds is 4. The Bertz CT molecular complexity index is 549. The molecule has 0 aliphatic carbocycles. The highest BCUT2D eigenvalue weighted by Gasteiger charge is 2.10. The zero-order chi connectivity index (χ0) is 13.8. The number of nitrogens with two attached hydrogens (primary N) is 1. The molecule has 0 aromatic heterocycles. The molecule has 0 heterocycles. The first-order chi connectivity index (χ1) is 9.15. The normalized spacial score (nSPS) is 10.5. The Morgan fingerprint density at radius 2 is 1.79 bits per heavy atom. The van der Waals surface area contributed by atoms with Crippen LogP contribution in [-0.4, -0.2) is 11.7 Å². The zero-order valence-electron chi connectivity index (χ0n) is 11.4. The molecule has 0 aliphatic rings. The minimum absolute atomic E-state index is 0.289. The molecule has 19 heavy (non-hydrogen) atoms. The van der Waals surface area contributed by atoms with Crippen LogP contribution in [-0.2, 0) is 6.54 Å².